The molecule has 0 fully saturated rings. The third kappa shape index (κ3) is 4.43. The van der Waals surface area contributed by atoms with Gasteiger partial charge in [0.05, 0.1) is 0 Å². The molecule has 1 aliphatic rings. The number of phenolic OH excluding ortho intramolecular Hbond substituents is 1. The number of cyclic esters (lactones) is 1. The predicted octanol–water partition coefficient (Wildman–Crippen LogP) is 2.88. The van der Waals surface area contributed by atoms with Crippen molar-refractivity contribution >= 4 is 29.1 Å². The van der Waals surface area contributed by atoms with E-state index in [0.29, 0.717) is 0 Å². The Kier molecular flexibility index (Phi) is 5.88. The summed E-state index contributed by atoms with van der Waals surface area (Å²) >= 11 is 5.84. The average Bonchev–Trinajstić information content (AvgIpc) is 2.34. The van der Waals surface area contributed by atoms with Gasteiger partial charge in [-0.25, -0.2) is 0 Å². The van der Waals surface area contributed by atoms with Crippen LogP contribution in [0, 0.1) is 19.8 Å². The Bertz CT molecular complexity index is 637. The van der Waals surface area contributed by atoms with E-state index in [4.69, 9.17) is 16.7 Å². The number of Topliss-reactive ketones (excluding diaryl/α,β-unsaturated/α-hetero) is 1. The molecule has 1 unspecified atom stereocenters. The van der Waals surface area contributed by atoms with Gasteiger partial charge >= 0.3 is 5.97 Å². The Hall–Kier alpha value is -2.14. The largest absolute Gasteiger partial charge is 0.508 e. The number of allylic oxidation sites excluding steroid dienone is 2. The average molecular weight is 325 g/mol. The van der Waals surface area contributed by atoms with Gasteiger partial charge in [0.1, 0.15) is 11.5 Å². The number of hydrogen-bond acceptors (Lipinski definition) is 5. The molecule has 0 aromatic heterocycles. The van der Waals surface area contributed by atoms with Crippen molar-refractivity contribution in [3.05, 3.63) is 40.1 Å². The van der Waals surface area contributed by atoms with E-state index in [-0.39, 0.29) is 11.5 Å². The van der Waals surface area contributed by atoms with Gasteiger partial charge in [0.2, 0.25) is 0 Å². The lowest BCUT2D eigenvalue weighted by Gasteiger charge is -2.15. The number of benzene rings is 1. The number of carbonyl (C=O) groups is 3. The van der Waals surface area contributed by atoms with Crippen molar-refractivity contribution in [2.24, 2.45) is 5.92 Å². The Morgan fingerprint density at radius 2 is 1.68 bits per heavy atom. The van der Waals surface area contributed by atoms with E-state index in [0.717, 1.165) is 22.2 Å². The molecule has 1 aliphatic heterocycles. The number of esters is 1. The minimum atomic E-state index is -1.24. The summed E-state index contributed by atoms with van der Waals surface area (Å²) in [6, 6.07) is 3.30. The standard InChI is InChI=1S/C8H9ClO.C8H8O4/c1-5-3-7(10)4-6(2)8(5)9;1-4-3-6(10)7(5(2)9)8(11)12-4/h3-4,10H,1-2H3;3,7H,1-2H3. The second-order valence-electron chi connectivity index (χ2n) is 5.02. The topological polar surface area (TPSA) is 80.7 Å². The summed E-state index contributed by atoms with van der Waals surface area (Å²) in [5.41, 5.74) is 1.83. The lowest BCUT2D eigenvalue weighted by Crippen LogP contribution is -2.33. The van der Waals surface area contributed by atoms with Gasteiger partial charge in [-0.15, -0.1) is 0 Å². The predicted molar refractivity (Wildman–Crippen MR) is 81.6 cm³/mol. The van der Waals surface area contributed by atoms with Crippen molar-refractivity contribution in [2.45, 2.75) is 27.7 Å². The Balaban J connectivity index is 0.000000224. The molecule has 1 atom stereocenters. The molecule has 6 heteroatoms. The molecule has 0 saturated heterocycles. The van der Waals surface area contributed by atoms with Crippen molar-refractivity contribution in [3.8, 4) is 5.75 Å². The van der Waals surface area contributed by atoms with Crippen LogP contribution < -0.4 is 0 Å². The second-order valence-corrected chi connectivity index (χ2v) is 5.39. The van der Waals surface area contributed by atoms with Gasteiger partial charge in [0.25, 0.3) is 0 Å². The molecule has 22 heavy (non-hydrogen) atoms. The van der Waals surface area contributed by atoms with E-state index in [1.165, 1.54) is 13.8 Å². The summed E-state index contributed by atoms with van der Waals surface area (Å²) in [7, 11) is 0. The van der Waals surface area contributed by atoms with Crippen molar-refractivity contribution in [1.29, 1.82) is 0 Å². The molecule has 1 N–H and O–H groups in total. The number of aromatic hydroxyl groups is 1. The van der Waals surface area contributed by atoms with Crippen molar-refractivity contribution < 1.29 is 24.2 Å². The number of ether oxygens (including phenoxy) is 1. The van der Waals surface area contributed by atoms with Crippen molar-refractivity contribution in [1.82, 2.24) is 0 Å². The van der Waals surface area contributed by atoms with Gasteiger partial charge in [-0.2, -0.15) is 0 Å². The monoisotopic (exact) mass is 324 g/mol. The molecule has 1 aromatic rings. The van der Waals surface area contributed by atoms with Gasteiger partial charge < -0.3 is 9.84 Å². The first-order valence-electron chi connectivity index (χ1n) is 6.53. The van der Waals surface area contributed by atoms with Crippen LogP contribution >= 0.6 is 11.6 Å². The number of ketones is 2. The first kappa shape index (κ1) is 17.9. The van der Waals surface area contributed by atoms with Crippen LogP contribution in [0.15, 0.2) is 24.0 Å². The van der Waals surface area contributed by atoms with Gasteiger partial charge in [-0.1, -0.05) is 11.6 Å². The highest BCUT2D eigenvalue weighted by Crippen LogP contribution is 2.24. The van der Waals surface area contributed by atoms with Crippen LogP contribution in [0.5, 0.6) is 5.75 Å². The minimum Gasteiger partial charge on any atom is -0.508 e. The second kappa shape index (κ2) is 7.22. The fraction of sp³-hybridized carbons (Fsp3) is 0.312. The molecule has 1 aromatic carbocycles. The van der Waals surface area contributed by atoms with E-state index in [1.807, 2.05) is 13.8 Å². The summed E-state index contributed by atoms with van der Waals surface area (Å²) < 4.78 is 4.61. The van der Waals surface area contributed by atoms with E-state index in [2.05, 4.69) is 4.74 Å². The van der Waals surface area contributed by atoms with Crippen LogP contribution in [0.4, 0.5) is 0 Å². The molecule has 2 rings (SSSR count). The van der Waals surface area contributed by atoms with Crippen LogP contribution in [0.3, 0.4) is 0 Å². The van der Waals surface area contributed by atoms with Gasteiger partial charge in [-0.05, 0) is 51.0 Å². The molecular weight excluding hydrogens is 308 g/mol. The SMILES string of the molecule is CC(=O)C1C(=O)C=C(C)OC1=O.Cc1cc(O)cc(C)c1Cl. The quantitative estimate of drug-likeness (QED) is 0.634. The van der Waals surface area contributed by atoms with E-state index in [9.17, 15) is 14.4 Å². The number of hydrogen-bond donors (Lipinski definition) is 1. The van der Waals surface area contributed by atoms with E-state index >= 15 is 0 Å². The highest BCUT2D eigenvalue weighted by Gasteiger charge is 2.34. The molecule has 0 radical (unpaired) electrons. The highest BCUT2D eigenvalue weighted by atomic mass is 35.5. The zero-order valence-corrected chi connectivity index (χ0v) is 13.5. The summed E-state index contributed by atoms with van der Waals surface area (Å²) in [5.74, 6) is -2.46. The Labute approximate surface area is 133 Å². The zero-order valence-electron chi connectivity index (χ0n) is 12.8. The summed E-state index contributed by atoms with van der Waals surface area (Å²) in [6.07, 6.45) is 1.16. The van der Waals surface area contributed by atoms with Gasteiger partial charge in [0, 0.05) is 11.1 Å². The number of aryl methyl sites for hydroxylation is 2. The molecule has 0 saturated carbocycles. The van der Waals surface area contributed by atoms with Gasteiger partial charge in [0.15, 0.2) is 17.5 Å². The fourth-order valence-corrected chi connectivity index (χ4v) is 2.05. The molecule has 0 bridgehead atoms. The van der Waals surface area contributed by atoms with Crippen LogP contribution in [0.25, 0.3) is 0 Å². The molecule has 5 nitrogen and oxygen atoms in total. The Morgan fingerprint density at radius 1 is 1.18 bits per heavy atom. The fourth-order valence-electron chi connectivity index (χ4n) is 1.94. The first-order chi connectivity index (χ1) is 10.1. The molecular formula is C16H17ClO5. The van der Waals surface area contributed by atoms with Crippen LogP contribution in [-0.2, 0) is 19.1 Å². The lowest BCUT2D eigenvalue weighted by molar-refractivity contribution is -0.152. The first-order valence-corrected chi connectivity index (χ1v) is 6.91. The van der Waals surface area contributed by atoms with Crippen molar-refractivity contribution in [3.63, 3.8) is 0 Å². The molecule has 118 valence electrons. The van der Waals surface area contributed by atoms with Crippen LogP contribution in [0.2, 0.25) is 5.02 Å². The highest BCUT2D eigenvalue weighted by molar-refractivity contribution is 6.32. The molecule has 1 heterocycles. The molecule has 0 aliphatic carbocycles. The molecule has 0 amide bonds. The number of halogens is 1. The maximum atomic E-state index is 11.1. The van der Waals surface area contributed by atoms with E-state index < -0.39 is 23.5 Å². The maximum Gasteiger partial charge on any atom is 0.329 e. The smallest absolute Gasteiger partial charge is 0.329 e. The third-order valence-electron chi connectivity index (χ3n) is 2.96. The zero-order chi connectivity index (χ0) is 17.0. The lowest BCUT2D eigenvalue weighted by atomic mass is 9.98. The maximum absolute atomic E-state index is 11.1. The number of phenols is 1. The summed E-state index contributed by atoms with van der Waals surface area (Å²) in [5, 5.41) is 9.79. The normalized spacial score (nSPS) is 17.1. The van der Waals surface area contributed by atoms with Crippen LogP contribution in [-0.4, -0.2) is 22.6 Å². The van der Waals surface area contributed by atoms with Crippen LogP contribution in [0.1, 0.15) is 25.0 Å². The van der Waals surface area contributed by atoms with E-state index in [1.54, 1.807) is 12.1 Å². The number of carbonyl (C=O) groups excluding carboxylic acids is 3. The number of rotatable bonds is 1. The summed E-state index contributed by atoms with van der Waals surface area (Å²) in [6.45, 7) is 6.43. The Morgan fingerprint density at radius 3 is 2.09 bits per heavy atom. The van der Waals surface area contributed by atoms with Gasteiger partial charge in [-0.3, -0.25) is 14.4 Å². The van der Waals surface area contributed by atoms with Crippen molar-refractivity contribution in [2.75, 3.05) is 0 Å². The molecule has 0 spiro atoms. The minimum absolute atomic E-state index is 0.238. The third-order valence-corrected chi connectivity index (χ3v) is 3.55. The summed E-state index contributed by atoms with van der Waals surface area (Å²) in [4.78, 5) is 32.8.